The molecule has 1 aliphatic rings. The molecule has 1 aromatic heterocycles. The molecule has 0 amide bonds. The lowest BCUT2D eigenvalue weighted by Crippen LogP contribution is -2.20. The Morgan fingerprint density at radius 1 is 0.943 bits per heavy atom. The molecule has 9 heteroatoms. The summed E-state index contributed by atoms with van der Waals surface area (Å²) in [6.45, 7) is 0. The van der Waals surface area contributed by atoms with Crippen molar-refractivity contribution in [2.45, 2.75) is 24.7 Å². The minimum absolute atomic E-state index is 0.218. The summed E-state index contributed by atoms with van der Waals surface area (Å²) in [4.78, 5) is 15.7. The van der Waals surface area contributed by atoms with E-state index in [-0.39, 0.29) is 16.9 Å². The Labute approximate surface area is 197 Å². The van der Waals surface area contributed by atoms with Gasteiger partial charge in [-0.15, -0.1) is 13.2 Å². The smallest absolute Gasteiger partial charge is 0.478 e. The van der Waals surface area contributed by atoms with Crippen LogP contribution in [-0.4, -0.2) is 22.4 Å². The number of carboxylic acids is 1. The van der Waals surface area contributed by atoms with Gasteiger partial charge in [-0.2, -0.15) is 0 Å². The highest BCUT2D eigenvalue weighted by Crippen LogP contribution is 2.49. The predicted molar refractivity (Wildman–Crippen MR) is 123 cm³/mol. The second-order valence-electron chi connectivity index (χ2n) is 8.22. The van der Waals surface area contributed by atoms with Crippen molar-refractivity contribution < 1.29 is 32.5 Å². The first-order valence-electron chi connectivity index (χ1n) is 10.8. The molecule has 3 aromatic carbocycles. The molecule has 0 saturated heterocycles. The summed E-state index contributed by atoms with van der Waals surface area (Å²) in [5.74, 6) is 0.100. The summed E-state index contributed by atoms with van der Waals surface area (Å²) in [6.07, 6.45) is -1.39. The Hall–Kier alpha value is -4.27. The fourth-order valence-corrected chi connectivity index (χ4v) is 3.98. The first kappa shape index (κ1) is 22.5. The fraction of sp³-hybridized carbons (Fsp3) is 0.154. The largest absolute Gasteiger partial charge is 0.573 e. The van der Waals surface area contributed by atoms with E-state index in [1.54, 1.807) is 36.5 Å². The molecule has 178 valence electrons. The highest BCUT2D eigenvalue weighted by Gasteiger charge is 2.45. The molecule has 0 unspecified atom stereocenters. The van der Waals surface area contributed by atoms with E-state index >= 15 is 0 Å². The number of aromatic nitrogens is 1. The number of carbonyl (C=O) groups is 1. The van der Waals surface area contributed by atoms with Crippen LogP contribution in [0.2, 0.25) is 0 Å². The van der Waals surface area contributed by atoms with Crippen molar-refractivity contribution in [1.29, 1.82) is 0 Å². The van der Waals surface area contributed by atoms with Crippen molar-refractivity contribution in [2.75, 3.05) is 5.32 Å². The number of carboxylic acid groups (broad SMARTS) is 1. The van der Waals surface area contributed by atoms with Gasteiger partial charge in [0.25, 0.3) is 0 Å². The highest BCUT2D eigenvalue weighted by atomic mass is 19.4. The molecule has 35 heavy (non-hydrogen) atoms. The third kappa shape index (κ3) is 4.84. The molecule has 0 radical (unpaired) electrons. The summed E-state index contributed by atoms with van der Waals surface area (Å²) < 4.78 is 47.2. The number of halogens is 3. The van der Waals surface area contributed by atoms with Crippen molar-refractivity contribution in [3.05, 3.63) is 90.1 Å². The number of hydrogen-bond acceptors (Lipinski definition) is 5. The van der Waals surface area contributed by atoms with E-state index in [1.165, 1.54) is 24.3 Å². The number of nitrogens with one attached hydrogen (secondary N) is 1. The minimum Gasteiger partial charge on any atom is -0.478 e. The lowest BCUT2D eigenvalue weighted by atomic mass is 10.0. The Morgan fingerprint density at radius 3 is 2.26 bits per heavy atom. The Kier molecular flexibility index (Phi) is 5.47. The van der Waals surface area contributed by atoms with Gasteiger partial charge in [0.1, 0.15) is 23.1 Å². The molecule has 5 rings (SSSR count). The van der Waals surface area contributed by atoms with Crippen LogP contribution in [0.1, 0.15) is 28.8 Å². The zero-order valence-corrected chi connectivity index (χ0v) is 18.2. The molecule has 1 saturated carbocycles. The van der Waals surface area contributed by atoms with Gasteiger partial charge in [-0.3, -0.25) is 0 Å². The quantitative estimate of drug-likeness (QED) is 0.306. The van der Waals surface area contributed by atoms with Gasteiger partial charge in [-0.25, -0.2) is 9.78 Å². The van der Waals surface area contributed by atoms with E-state index in [1.807, 2.05) is 18.2 Å². The Bertz CT molecular complexity index is 1380. The maximum absolute atomic E-state index is 12.4. The van der Waals surface area contributed by atoms with Gasteiger partial charge < -0.3 is 19.9 Å². The number of benzene rings is 3. The summed E-state index contributed by atoms with van der Waals surface area (Å²) in [5, 5.41) is 14.3. The van der Waals surface area contributed by atoms with E-state index < -0.39 is 12.3 Å². The number of hydrogen-bond donors (Lipinski definition) is 2. The molecule has 2 N–H and O–H groups in total. The van der Waals surface area contributed by atoms with Crippen molar-refractivity contribution in [1.82, 2.24) is 4.98 Å². The third-order valence-corrected chi connectivity index (χ3v) is 5.83. The summed E-state index contributed by atoms with van der Waals surface area (Å²) in [6, 6.07) is 19.3. The van der Waals surface area contributed by atoms with Crippen molar-refractivity contribution >= 4 is 22.6 Å². The van der Waals surface area contributed by atoms with Gasteiger partial charge in [0.05, 0.1) is 16.5 Å². The number of alkyl halides is 3. The van der Waals surface area contributed by atoms with Gasteiger partial charge in [0.2, 0.25) is 0 Å². The number of ether oxygens (including phenoxy) is 2. The first-order chi connectivity index (χ1) is 16.7. The van der Waals surface area contributed by atoms with Crippen LogP contribution < -0.4 is 14.8 Å². The van der Waals surface area contributed by atoms with Gasteiger partial charge in [0.15, 0.2) is 0 Å². The van der Waals surface area contributed by atoms with Crippen LogP contribution in [0.4, 0.5) is 19.0 Å². The van der Waals surface area contributed by atoms with Crippen LogP contribution in [0, 0.1) is 0 Å². The van der Waals surface area contributed by atoms with Crippen molar-refractivity contribution in [3.8, 4) is 17.2 Å². The van der Waals surface area contributed by atoms with Crippen molar-refractivity contribution in [3.63, 3.8) is 0 Å². The van der Waals surface area contributed by atoms with Gasteiger partial charge in [-0.1, -0.05) is 24.3 Å². The third-order valence-electron chi connectivity index (χ3n) is 5.83. The Morgan fingerprint density at radius 2 is 1.63 bits per heavy atom. The standard InChI is InChI=1S/C26H19F3N2O4/c27-26(28,29)35-20-10-8-19(9-11-20)34-21-3-1-2-16-12-15-30-23(22(16)21)31-25(13-14-25)18-6-4-17(5-7-18)24(32)33/h1-12,15H,13-14H2,(H,30,31)(H,32,33). The van der Waals surface area contributed by atoms with Crippen LogP contribution in [0.5, 0.6) is 17.2 Å². The second kappa shape index (κ2) is 8.50. The lowest BCUT2D eigenvalue weighted by Gasteiger charge is -2.21. The number of fused-ring (bicyclic) bond motifs is 1. The zero-order valence-electron chi connectivity index (χ0n) is 18.2. The van der Waals surface area contributed by atoms with Gasteiger partial charge in [0, 0.05) is 6.20 Å². The van der Waals surface area contributed by atoms with E-state index in [2.05, 4.69) is 15.0 Å². The molecule has 0 spiro atoms. The first-order valence-corrected chi connectivity index (χ1v) is 10.8. The fourth-order valence-electron chi connectivity index (χ4n) is 3.98. The van der Waals surface area contributed by atoms with Gasteiger partial charge >= 0.3 is 12.3 Å². The molecule has 1 fully saturated rings. The number of pyridine rings is 1. The molecule has 1 heterocycles. The topological polar surface area (TPSA) is 80.7 Å². The summed E-state index contributed by atoms with van der Waals surface area (Å²) in [5.41, 5.74) is 0.803. The highest BCUT2D eigenvalue weighted by molar-refractivity contribution is 5.97. The number of aromatic carboxylic acids is 1. The number of rotatable bonds is 7. The average Bonchev–Trinajstić information content (AvgIpc) is 3.60. The number of anilines is 1. The maximum Gasteiger partial charge on any atom is 0.573 e. The van der Waals surface area contributed by atoms with Crippen LogP contribution in [-0.2, 0) is 5.54 Å². The average molecular weight is 480 g/mol. The maximum atomic E-state index is 12.4. The normalized spacial score (nSPS) is 14.4. The molecule has 0 aliphatic heterocycles. The van der Waals surface area contributed by atoms with Crippen LogP contribution >= 0.6 is 0 Å². The molecular formula is C26H19F3N2O4. The second-order valence-corrected chi connectivity index (χ2v) is 8.22. The predicted octanol–water partition coefficient (Wildman–Crippen LogP) is 6.73. The molecule has 6 nitrogen and oxygen atoms in total. The Balaban J connectivity index is 1.44. The molecule has 1 aliphatic carbocycles. The lowest BCUT2D eigenvalue weighted by molar-refractivity contribution is -0.274. The summed E-state index contributed by atoms with van der Waals surface area (Å²) >= 11 is 0. The van der Waals surface area contributed by atoms with E-state index in [0.29, 0.717) is 17.3 Å². The van der Waals surface area contributed by atoms with E-state index in [4.69, 9.17) is 9.84 Å². The monoisotopic (exact) mass is 480 g/mol. The van der Waals surface area contributed by atoms with Crippen LogP contribution in [0.3, 0.4) is 0 Å². The SMILES string of the molecule is O=C(O)c1ccc(C2(Nc3nccc4cccc(Oc5ccc(OC(F)(F)F)cc5)c34)CC2)cc1. The molecule has 0 bridgehead atoms. The zero-order chi connectivity index (χ0) is 24.6. The van der Waals surface area contributed by atoms with E-state index in [9.17, 15) is 18.0 Å². The van der Waals surface area contributed by atoms with E-state index in [0.717, 1.165) is 29.2 Å². The molecular weight excluding hydrogens is 461 g/mol. The van der Waals surface area contributed by atoms with Crippen molar-refractivity contribution in [2.24, 2.45) is 0 Å². The summed E-state index contributed by atoms with van der Waals surface area (Å²) in [7, 11) is 0. The van der Waals surface area contributed by atoms with Gasteiger partial charge in [-0.05, 0) is 72.3 Å². The molecule has 0 atom stereocenters. The number of nitrogens with zero attached hydrogens (tertiary/aromatic N) is 1. The van der Waals surface area contributed by atoms with Crippen LogP contribution in [0.25, 0.3) is 10.8 Å². The molecule has 4 aromatic rings. The minimum atomic E-state index is -4.77. The van der Waals surface area contributed by atoms with Crippen LogP contribution in [0.15, 0.2) is 79.0 Å².